The van der Waals surface area contributed by atoms with Crippen LogP contribution in [0, 0.1) is 5.41 Å². The van der Waals surface area contributed by atoms with E-state index >= 15 is 0 Å². The van der Waals surface area contributed by atoms with Crippen molar-refractivity contribution < 1.29 is 18.7 Å². The number of carboxylic acids is 1. The van der Waals surface area contributed by atoms with E-state index in [2.05, 4.69) is 15.3 Å². The maximum Gasteiger partial charge on any atom is 0.311 e. The van der Waals surface area contributed by atoms with Crippen LogP contribution in [0.2, 0.25) is 0 Å². The molecule has 1 aliphatic carbocycles. The van der Waals surface area contributed by atoms with Crippen LogP contribution in [0.15, 0.2) is 76.0 Å². The molecule has 0 amide bonds. The maximum atomic E-state index is 11.4. The van der Waals surface area contributed by atoms with Gasteiger partial charge in [-0.3, -0.25) is 4.79 Å². The van der Waals surface area contributed by atoms with Crippen LogP contribution in [0.1, 0.15) is 12.8 Å². The first-order chi connectivity index (χ1) is 14.6. The fraction of sp³-hybridized carbons (Fsp3) is 0.174. The van der Waals surface area contributed by atoms with Gasteiger partial charge in [0, 0.05) is 23.2 Å². The van der Waals surface area contributed by atoms with Crippen LogP contribution in [0.5, 0.6) is 0 Å². The molecule has 7 nitrogen and oxygen atoms in total. The molecule has 0 bridgehead atoms. The van der Waals surface area contributed by atoms with Crippen molar-refractivity contribution in [2.75, 3.05) is 11.9 Å². The first-order valence-electron chi connectivity index (χ1n) is 9.67. The topological polar surface area (TPSA) is 101 Å². The summed E-state index contributed by atoms with van der Waals surface area (Å²) in [4.78, 5) is 20.0. The largest absolute Gasteiger partial charge is 0.481 e. The van der Waals surface area contributed by atoms with E-state index in [0.29, 0.717) is 42.6 Å². The third kappa shape index (κ3) is 3.34. The third-order valence-electron chi connectivity index (χ3n) is 5.42. The zero-order valence-corrected chi connectivity index (χ0v) is 16.0. The highest BCUT2D eigenvalue weighted by Gasteiger charge is 2.50. The van der Waals surface area contributed by atoms with Crippen LogP contribution in [0.4, 0.5) is 6.01 Å². The molecular weight excluding hydrogens is 382 g/mol. The Kier molecular flexibility index (Phi) is 4.35. The first kappa shape index (κ1) is 18.2. The second-order valence-corrected chi connectivity index (χ2v) is 7.44. The highest BCUT2D eigenvalue weighted by Crippen LogP contribution is 2.46. The summed E-state index contributed by atoms with van der Waals surface area (Å²) in [6, 6.07) is 17.8. The third-order valence-corrected chi connectivity index (χ3v) is 5.42. The van der Waals surface area contributed by atoms with Crippen molar-refractivity contribution >= 4 is 12.0 Å². The van der Waals surface area contributed by atoms with Gasteiger partial charge in [0.15, 0.2) is 17.9 Å². The summed E-state index contributed by atoms with van der Waals surface area (Å²) in [5, 5.41) is 12.5. The number of aromatic nitrogens is 2. The number of benzene rings is 2. The highest BCUT2D eigenvalue weighted by molar-refractivity contribution is 5.80. The quantitative estimate of drug-likeness (QED) is 0.452. The lowest BCUT2D eigenvalue weighted by Crippen LogP contribution is -2.24. The van der Waals surface area contributed by atoms with Gasteiger partial charge < -0.3 is 19.3 Å². The standard InChI is InChI=1S/C23H19N3O4/c27-21(28)23(10-11-23)13-25-22-26-19(20(30-22)17-4-2-1-3-5-17)16-8-6-15(7-9-16)18-12-24-14-29-18/h1-9,12,14H,10-11,13H2,(H,25,26)(H,27,28). The minimum atomic E-state index is -0.784. The predicted molar refractivity (Wildman–Crippen MR) is 111 cm³/mol. The van der Waals surface area contributed by atoms with E-state index in [-0.39, 0.29) is 0 Å². The van der Waals surface area contributed by atoms with E-state index in [9.17, 15) is 9.90 Å². The molecule has 1 fully saturated rings. The Balaban J connectivity index is 1.48. The zero-order chi connectivity index (χ0) is 20.6. The Bertz CT molecular complexity index is 1160. The number of nitrogens with zero attached hydrogens (tertiary/aromatic N) is 2. The van der Waals surface area contributed by atoms with Gasteiger partial charge in [0.25, 0.3) is 6.01 Å². The number of hydrogen-bond donors (Lipinski definition) is 2. The fourth-order valence-corrected chi connectivity index (χ4v) is 3.39. The number of carbonyl (C=O) groups is 1. The molecule has 4 aromatic rings. The molecule has 2 N–H and O–H groups in total. The van der Waals surface area contributed by atoms with Crippen LogP contribution < -0.4 is 5.32 Å². The van der Waals surface area contributed by atoms with Crippen LogP contribution in [-0.4, -0.2) is 27.6 Å². The van der Waals surface area contributed by atoms with Crippen molar-refractivity contribution in [2.24, 2.45) is 5.41 Å². The summed E-state index contributed by atoms with van der Waals surface area (Å²) in [7, 11) is 0. The summed E-state index contributed by atoms with van der Waals surface area (Å²) in [5.41, 5.74) is 2.67. The summed E-state index contributed by atoms with van der Waals surface area (Å²) < 4.78 is 11.4. The van der Waals surface area contributed by atoms with E-state index in [1.54, 1.807) is 6.20 Å². The number of carboxylic acid groups (broad SMARTS) is 1. The molecule has 2 aromatic carbocycles. The van der Waals surface area contributed by atoms with E-state index in [0.717, 1.165) is 16.7 Å². The van der Waals surface area contributed by atoms with Gasteiger partial charge in [-0.1, -0.05) is 54.6 Å². The molecule has 7 heteroatoms. The molecule has 2 heterocycles. The van der Waals surface area contributed by atoms with Gasteiger partial charge in [-0.2, -0.15) is 4.98 Å². The smallest absolute Gasteiger partial charge is 0.311 e. The average Bonchev–Trinajstić information content (AvgIpc) is 3.19. The minimum absolute atomic E-state index is 0.293. The number of rotatable bonds is 7. The fourth-order valence-electron chi connectivity index (χ4n) is 3.39. The zero-order valence-electron chi connectivity index (χ0n) is 16.0. The van der Waals surface area contributed by atoms with Crippen LogP contribution in [0.3, 0.4) is 0 Å². The Morgan fingerprint density at radius 1 is 1.03 bits per heavy atom. The van der Waals surface area contributed by atoms with Gasteiger partial charge in [-0.15, -0.1) is 0 Å². The molecule has 1 saturated carbocycles. The molecule has 0 unspecified atom stereocenters. The first-order valence-corrected chi connectivity index (χ1v) is 9.67. The molecule has 0 aliphatic heterocycles. The lowest BCUT2D eigenvalue weighted by molar-refractivity contribution is -0.142. The average molecular weight is 401 g/mol. The summed E-state index contributed by atoms with van der Waals surface area (Å²) in [6.45, 7) is 0.293. The lowest BCUT2D eigenvalue weighted by Gasteiger charge is -2.08. The Morgan fingerprint density at radius 2 is 1.77 bits per heavy atom. The van der Waals surface area contributed by atoms with Crippen molar-refractivity contribution in [1.29, 1.82) is 0 Å². The predicted octanol–water partition coefficient (Wildman–Crippen LogP) is 4.94. The maximum absolute atomic E-state index is 11.4. The Morgan fingerprint density at radius 3 is 2.40 bits per heavy atom. The van der Waals surface area contributed by atoms with E-state index in [4.69, 9.17) is 8.83 Å². The van der Waals surface area contributed by atoms with Crippen molar-refractivity contribution in [2.45, 2.75) is 12.8 Å². The normalized spacial score (nSPS) is 14.4. The lowest BCUT2D eigenvalue weighted by atomic mass is 10.0. The summed E-state index contributed by atoms with van der Waals surface area (Å²) in [5.74, 6) is 0.537. The SMILES string of the molecule is O=C(O)C1(CNc2nc(-c3ccc(-c4cnco4)cc3)c(-c3ccccc3)o2)CC1. The molecule has 1 aliphatic rings. The molecule has 0 radical (unpaired) electrons. The van der Waals surface area contributed by atoms with Crippen molar-refractivity contribution in [1.82, 2.24) is 9.97 Å². The van der Waals surface area contributed by atoms with Crippen molar-refractivity contribution in [3.8, 4) is 33.9 Å². The molecular formula is C23H19N3O4. The Labute approximate surface area is 172 Å². The second-order valence-electron chi connectivity index (χ2n) is 7.44. The van der Waals surface area contributed by atoms with Gasteiger partial charge in [0.05, 0.1) is 11.6 Å². The second kappa shape index (κ2) is 7.18. The number of nitrogens with one attached hydrogen (secondary N) is 1. The summed E-state index contributed by atoms with van der Waals surface area (Å²) >= 11 is 0. The van der Waals surface area contributed by atoms with Gasteiger partial charge in [-0.25, -0.2) is 4.98 Å². The van der Waals surface area contributed by atoms with Gasteiger partial charge in [-0.05, 0) is 12.8 Å². The minimum Gasteiger partial charge on any atom is -0.481 e. The summed E-state index contributed by atoms with van der Waals surface area (Å²) in [6.07, 6.45) is 4.39. The number of hydrogen-bond acceptors (Lipinski definition) is 6. The van der Waals surface area contributed by atoms with E-state index < -0.39 is 11.4 Å². The van der Waals surface area contributed by atoms with Gasteiger partial charge in [0.1, 0.15) is 5.69 Å². The molecule has 0 spiro atoms. The molecule has 2 aromatic heterocycles. The Hall–Kier alpha value is -3.87. The molecule has 30 heavy (non-hydrogen) atoms. The number of anilines is 1. The van der Waals surface area contributed by atoms with Crippen molar-refractivity contribution in [3.63, 3.8) is 0 Å². The number of oxazole rings is 2. The van der Waals surface area contributed by atoms with Gasteiger partial charge in [0.2, 0.25) is 0 Å². The molecule has 5 rings (SSSR count). The highest BCUT2D eigenvalue weighted by atomic mass is 16.4. The molecule has 0 atom stereocenters. The molecule has 0 saturated heterocycles. The monoisotopic (exact) mass is 401 g/mol. The van der Waals surface area contributed by atoms with Crippen LogP contribution >= 0.6 is 0 Å². The van der Waals surface area contributed by atoms with E-state index in [1.807, 2.05) is 54.6 Å². The number of aliphatic carboxylic acids is 1. The van der Waals surface area contributed by atoms with Crippen LogP contribution in [-0.2, 0) is 4.79 Å². The van der Waals surface area contributed by atoms with Crippen molar-refractivity contribution in [3.05, 3.63) is 67.2 Å². The van der Waals surface area contributed by atoms with Crippen LogP contribution in [0.25, 0.3) is 33.9 Å². The van der Waals surface area contributed by atoms with Gasteiger partial charge >= 0.3 is 5.97 Å². The molecule has 150 valence electrons. The van der Waals surface area contributed by atoms with E-state index in [1.165, 1.54) is 6.39 Å².